The van der Waals surface area contributed by atoms with Crippen LogP contribution in [0, 0.1) is 12.8 Å². The fourth-order valence-electron chi connectivity index (χ4n) is 4.49. The molecule has 1 atom stereocenters. The highest BCUT2D eigenvalue weighted by atomic mass is 32.1. The van der Waals surface area contributed by atoms with Crippen LogP contribution in [0.5, 0.6) is 17.2 Å². The minimum atomic E-state index is -0.394. The van der Waals surface area contributed by atoms with Crippen LogP contribution in [-0.4, -0.2) is 60.7 Å². The second kappa shape index (κ2) is 10.6. The molecule has 2 amide bonds. The molecule has 1 aliphatic rings. The van der Waals surface area contributed by atoms with Gasteiger partial charge in [0, 0.05) is 30.9 Å². The van der Waals surface area contributed by atoms with Crippen molar-refractivity contribution in [1.29, 1.82) is 0 Å². The number of aryl methyl sites for hydroxylation is 1. The first kappa shape index (κ1) is 25.5. The summed E-state index contributed by atoms with van der Waals surface area (Å²) < 4.78 is 17.3. The van der Waals surface area contributed by atoms with Crippen molar-refractivity contribution in [3.8, 4) is 17.2 Å². The second-order valence-electron chi connectivity index (χ2n) is 8.87. The number of benzene rings is 1. The number of nitrogens with one attached hydrogen (secondary N) is 1. The summed E-state index contributed by atoms with van der Waals surface area (Å²) in [6.45, 7) is 5.17. The first-order valence-corrected chi connectivity index (χ1v) is 12.5. The Morgan fingerprint density at radius 1 is 1.17 bits per heavy atom. The zero-order valence-corrected chi connectivity index (χ0v) is 21.9. The smallest absolute Gasteiger partial charge is 0.266 e. The van der Waals surface area contributed by atoms with Crippen molar-refractivity contribution in [1.82, 2.24) is 14.5 Å². The van der Waals surface area contributed by atoms with Crippen molar-refractivity contribution >= 4 is 39.1 Å². The molecule has 192 valence electrons. The van der Waals surface area contributed by atoms with Crippen LogP contribution in [0.1, 0.15) is 35.0 Å². The van der Waals surface area contributed by atoms with Crippen LogP contribution >= 0.6 is 11.3 Å². The number of likely N-dealkylation sites (tertiary alicyclic amines) is 1. The van der Waals surface area contributed by atoms with E-state index in [2.05, 4.69) is 17.2 Å². The van der Waals surface area contributed by atoms with Gasteiger partial charge in [-0.3, -0.25) is 19.0 Å². The summed E-state index contributed by atoms with van der Waals surface area (Å²) in [5.41, 5.74) is 0.628. The molecule has 0 saturated carbocycles. The Hall–Kier alpha value is -3.60. The minimum absolute atomic E-state index is 0.0727. The lowest BCUT2D eigenvalue weighted by molar-refractivity contribution is -0.133. The number of anilines is 1. The van der Waals surface area contributed by atoms with Gasteiger partial charge >= 0.3 is 0 Å². The number of fused-ring (bicyclic) bond motifs is 1. The zero-order chi connectivity index (χ0) is 26.0. The Kier molecular flexibility index (Phi) is 7.48. The monoisotopic (exact) mass is 514 g/mol. The van der Waals surface area contributed by atoms with E-state index in [0.717, 1.165) is 24.2 Å². The van der Waals surface area contributed by atoms with E-state index >= 15 is 0 Å². The molecule has 0 spiro atoms. The van der Waals surface area contributed by atoms with Gasteiger partial charge in [0.25, 0.3) is 11.5 Å². The molecule has 36 heavy (non-hydrogen) atoms. The number of hydrogen-bond acceptors (Lipinski definition) is 8. The van der Waals surface area contributed by atoms with Crippen molar-refractivity contribution in [2.75, 3.05) is 39.7 Å². The van der Waals surface area contributed by atoms with E-state index in [1.54, 1.807) is 19.1 Å². The largest absolute Gasteiger partial charge is 0.493 e. The van der Waals surface area contributed by atoms with E-state index < -0.39 is 5.91 Å². The maximum atomic E-state index is 13.2. The molecule has 3 heterocycles. The number of rotatable bonds is 7. The Labute approximate surface area is 212 Å². The maximum absolute atomic E-state index is 13.2. The molecule has 4 rings (SSSR count). The number of carbonyl (C=O) groups is 2. The third kappa shape index (κ3) is 4.88. The summed E-state index contributed by atoms with van der Waals surface area (Å²) in [7, 11) is 4.48. The Morgan fingerprint density at radius 3 is 2.47 bits per heavy atom. The van der Waals surface area contributed by atoms with Crippen LogP contribution < -0.4 is 25.1 Å². The average Bonchev–Trinajstić information content (AvgIpc) is 3.22. The van der Waals surface area contributed by atoms with Gasteiger partial charge in [-0.25, -0.2) is 4.98 Å². The third-order valence-electron chi connectivity index (χ3n) is 6.36. The quantitative estimate of drug-likeness (QED) is 0.515. The molecule has 3 aromatic rings. The SMILES string of the molecule is COc1cc(NC(=O)c2sc3ncn(CC(=O)N4CCC[C@H](C)C4)c(=O)c3c2C)cc(OC)c1OC. The third-order valence-corrected chi connectivity index (χ3v) is 7.56. The van der Waals surface area contributed by atoms with Gasteiger partial charge in [0.1, 0.15) is 11.4 Å². The molecule has 0 aliphatic carbocycles. The number of amides is 2. The Balaban J connectivity index is 1.60. The average molecular weight is 515 g/mol. The van der Waals surface area contributed by atoms with E-state index in [1.165, 1.54) is 32.2 Å². The predicted octanol–water partition coefficient (Wildman–Crippen LogP) is 3.30. The van der Waals surface area contributed by atoms with Crippen LogP contribution in [0.25, 0.3) is 10.2 Å². The number of piperidine rings is 1. The van der Waals surface area contributed by atoms with Crippen molar-refractivity contribution in [2.45, 2.75) is 33.2 Å². The van der Waals surface area contributed by atoms with Crippen LogP contribution in [0.2, 0.25) is 0 Å². The van der Waals surface area contributed by atoms with Gasteiger partial charge in [0.15, 0.2) is 11.5 Å². The number of carbonyl (C=O) groups excluding carboxylic acids is 2. The lowest BCUT2D eigenvalue weighted by Crippen LogP contribution is -2.42. The van der Waals surface area contributed by atoms with Crippen LogP contribution in [0.4, 0.5) is 5.69 Å². The number of hydrogen-bond donors (Lipinski definition) is 1. The second-order valence-corrected chi connectivity index (χ2v) is 9.87. The fraction of sp³-hybridized carbons (Fsp3) is 0.440. The zero-order valence-electron chi connectivity index (χ0n) is 21.0. The summed E-state index contributed by atoms with van der Waals surface area (Å²) in [6, 6.07) is 3.25. The van der Waals surface area contributed by atoms with Gasteiger partial charge < -0.3 is 24.4 Å². The first-order chi connectivity index (χ1) is 17.3. The lowest BCUT2D eigenvalue weighted by Gasteiger charge is -2.31. The highest BCUT2D eigenvalue weighted by Gasteiger charge is 2.24. The predicted molar refractivity (Wildman–Crippen MR) is 138 cm³/mol. The molecule has 1 saturated heterocycles. The minimum Gasteiger partial charge on any atom is -0.493 e. The van der Waals surface area contributed by atoms with E-state index in [0.29, 0.717) is 62.6 Å². The van der Waals surface area contributed by atoms with Gasteiger partial charge in [-0.05, 0) is 31.2 Å². The van der Waals surface area contributed by atoms with E-state index in [-0.39, 0.29) is 18.0 Å². The lowest BCUT2D eigenvalue weighted by atomic mass is 10.0. The molecule has 0 radical (unpaired) electrons. The standard InChI is InChI=1S/C25H30N4O6S/c1-14-7-6-8-28(11-14)19(30)12-29-13-26-24-20(25(29)32)15(2)22(36-24)23(31)27-16-9-17(33-3)21(35-5)18(10-16)34-4/h9-10,13-14H,6-8,11-12H2,1-5H3,(H,27,31)/t14-/m0/s1. The van der Waals surface area contributed by atoms with Crippen LogP contribution in [-0.2, 0) is 11.3 Å². The van der Waals surface area contributed by atoms with Gasteiger partial charge in [-0.1, -0.05) is 6.92 Å². The summed E-state index contributed by atoms with van der Waals surface area (Å²) in [5, 5.41) is 3.18. The molecular formula is C25H30N4O6S. The maximum Gasteiger partial charge on any atom is 0.266 e. The number of thiophene rings is 1. The first-order valence-electron chi connectivity index (χ1n) is 11.6. The molecule has 0 bridgehead atoms. The van der Waals surface area contributed by atoms with Crippen molar-refractivity contribution in [2.24, 2.45) is 5.92 Å². The topological polar surface area (TPSA) is 112 Å². The van der Waals surface area contributed by atoms with Crippen molar-refractivity contribution < 1.29 is 23.8 Å². The molecule has 1 aromatic carbocycles. The van der Waals surface area contributed by atoms with Crippen molar-refractivity contribution in [3.05, 3.63) is 39.3 Å². The number of methoxy groups -OCH3 is 3. The highest BCUT2D eigenvalue weighted by Crippen LogP contribution is 2.40. The number of nitrogens with zero attached hydrogens (tertiary/aromatic N) is 3. The van der Waals surface area contributed by atoms with E-state index in [1.807, 2.05) is 4.90 Å². The summed E-state index contributed by atoms with van der Waals surface area (Å²) >= 11 is 1.13. The molecule has 1 N–H and O–H groups in total. The van der Waals surface area contributed by atoms with E-state index in [9.17, 15) is 14.4 Å². The molecule has 1 fully saturated rings. The fourth-order valence-corrected chi connectivity index (χ4v) is 5.53. The summed E-state index contributed by atoms with van der Waals surface area (Å²) in [4.78, 5) is 46.2. The normalized spacial score (nSPS) is 15.6. The Morgan fingerprint density at radius 2 is 1.86 bits per heavy atom. The summed E-state index contributed by atoms with van der Waals surface area (Å²) in [5.74, 6) is 1.17. The van der Waals surface area contributed by atoms with Gasteiger partial charge in [0.05, 0.1) is 37.9 Å². The van der Waals surface area contributed by atoms with Gasteiger partial charge in [-0.15, -0.1) is 11.3 Å². The van der Waals surface area contributed by atoms with Gasteiger partial charge in [-0.2, -0.15) is 0 Å². The molecule has 1 aliphatic heterocycles. The highest BCUT2D eigenvalue weighted by molar-refractivity contribution is 7.20. The van der Waals surface area contributed by atoms with Gasteiger partial charge in [0.2, 0.25) is 11.7 Å². The molecular weight excluding hydrogens is 484 g/mol. The van der Waals surface area contributed by atoms with E-state index in [4.69, 9.17) is 14.2 Å². The molecule has 0 unspecified atom stereocenters. The Bertz CT molecular complexity index is 1340. The van der Waals surface area contributed by atoms with Crippen LogP contribution in [0.3, 0.4) is 0 Å². The molecule has 11 heteroatoms. The van der Waals surface area contributed by atoms with Crippen LogP contribution in [0.15, 0.2) is 23.3 Å². The van der Waals surface area contributed by atoms with Crippen molar-refractivity contribution in [3.63, 3.8) is 0 Å². The summed E-state index contributed by atoms with van der Waals surface area (Å²) in [6.07, 6.45) is 3.45. The number of ether oxygens (including phenoxy) is 3. The molecule has 2 aromatic heterocycles. The number of aromatic nitrogens is 2. The molecule has 10 nitrogen and oxygen atoms in total.